The number of nitro benzene ring substituents is 1. The zero-order valence-corrected chi connectivity index (χ0v) is 12.2. The number of hydrogen-bond acceptors (Lipinski definition) is 4. The highest BCUT2D eigenvalue weighted by Crippen LogP contribution is 2.22. The molecule has 0 atom stereocenters. The summed E-state index contributed by atoms with van der Waals surface area (Å²) in [6.45, 7) is 4.64. The molecule has 1 rings (SSSR count). The fraction of sp³-hybridized carbons (Fsp3) is 0.429. The van der Waals surface area contributed by atoms with E-state index in [1.165, 1.54) is 17.0 Å². The van der Waals surface area contributed by atoms with Crippen molar-refractivity contribution in [2.75, 3.05) is 6.54 Å². The van der Waals surface area contributed by atoms with Gasteiger partial charge < -0.3 is 10.0 Å². The van der Waals surface area contributed by atoms with Crippen LogP contribution in [0.15, 0.2) is 18.2 Å². The van der Waals surface area contributed by atoms with Gasteiger partial charge in [0, 0.05) is 17.7 Å². The number of carboxylic acids is 1. The van der Waals surface area contributed by atoms with E-state index in [1.807, 2.05) is 0 Å². The van der Waals surface area contributed by atoms with Crippen molar-refractivity contribution in [1.82, 2.24) is 4.90 Å². The molecule has 0 saturated heterocycles. The molecule has 0 aliphatic carbocycles. The van der Waals surface area contributed by atoms with Gasteiger partial charge in [-0.05, 0) is 26.3 Å². The molecule has 114 valence electrons. The number of nitrogens with zero attached hydrogens (tertiary/aromatic N) is 2. The molecule has 21 heavy (non-hydrogen) atoms. The Morgan fingerprint density at radius 1 is 1.38 bits per heavy atom. The molecule has 1 aromatic rings. The molecule has 0 unspecified atom stereocenters. The second-order valence-corrected chi connectivity index (χ2v) is 5.00. The standard InChI is InChI=1S/C14H18N2O5/c1-9(2)15(8-14(18)19)13(17)7-11-5-4-6-12(10(11)3)16(20)21/h4-6,9H,7-8H2,1-3H3,(H,18,19). The number of nitro groups is 1. The third-order valence-electron chi connectivity index (χ3n) is 3.21. The second kappa shape index (κ2) is 6.83. The van der Waals surface area contributed by atoms with E-state index in [9.17, 15) is 19.7 Å². The lowest BCUT2D eigenvalue weighted by molar-refractivity contribution is -0.385. The summed E-state index contributed by atoms with van der Waals surface area (Å²) < 4.78 is 0. The molecule has 0 bridgehead atoms. The fourth-order valence-electron chi connectivity index (χ4n) is 2.03. The van der Waals surface area contributed by atoms with Crippen LogP contribution in [0.25, 0.3) is 0 Å². The zero-order chi connectivity index (χ0) is 16.2. The molecule has 7 nitrogen and oxygen atoms in total. The first-order valence-corrected chi connectivity index (χ1v) is 6.48. The highest BCUT2D eigenvalue weighted by Gasteiger charge is 2.22. The van der Waals surface area contributed by atoms with Gasteiger partial charge in [-0.25, -0.2) is 0 Å². The zero-order valence-electron chi connectivity index (χ0n) is 12.2. The Labute approximate surface area is 122 Å². The van der Waals surface area contributed by atoms with E-state index in [2.05, 4.69) is 0 Å². The molecular formula is C14H18N2O5. The van der Waals surface area contributed by atoms with Gasteiger partial charge in [0.1, 0.15) is 6.54 Å². The Kier molecular flexibility index (Phi) is 5.40. The van der Waals surface area contributed by atoms with Crippen LogP contribution < -0.4 is 0 Å². The average Bonchev–Trinajstić information content (AvgIpc) is 2.37. The summed E-state index contributed by atoms with van der Waals surface area (Å²) in [5.74, 6) is -1.45. The number of carbonyl (C=O) groups is 2. The smallest absolute Gasteiger partial charge is 0.323 e. The van der Waals surface area contributed by atoms with Gasteiger partial charge in [-0.3, -0.25) is 19.7 Å². The minimum atomic E-state index is -1.09. The van der Waals surface area contributed by atoms with Crippen LogP contribution in [0.3, 0.4) is 0 Å². The summed E-state index contributed by atoms with van der Waals surface area (Å²) in [5, 5.41) is 19.7. The minimum Gasteiger partial charge on any atom is -0.480 e. The quantitative estimate of drug-likeness (QED) is 0.636. The van der Waals surface area contributed by atoms with Gasteiger partial charge >= 0.3 is 5.97 Å². The molecule has 1 amide bonds. The van der Waals surface area contributed by atoms with Crippen LogP contribution in [0.2, 0.25) is 0 Å². The summed E-state index contributed by atoms with van der Waals surface area (Å²) >= 11 is 0. The molecular weight excluding hydrogens is 276 g/mol. The maximum absolute atomic E-state index is 12.2. The van der Waals surface area contributed by atoms with Crippen molar-refractivity contribution >= 4 is 17.6 Å². The molecule has 1 N–H and O–H groups in total. The van der Waals surface area contributed by atoms with E-state index < -0.39 is 10.9 Å². The predicted octanol–water partition coefficient (Wildman–Crippen LogP) is 1.77. The fourth-order valence-corrected chi connectivity index (χ4v) is 2.03. The largest absolute Gasteiger partial charge is 0.480 e. The Morgan fingerprint density at radius 2 is 2.00 bits per heavy atom. The van der Waals surface area contributed by atoms with Gasteiger partial charge in [0.15, 0.2) is 0 Å². The topological polar surface area (TPSA) is 101 Å². The van der Waals surface area contributed by atoms with Gasteiger partial charge in [-0.1, -0.05) is 12.1 Å². The van der Waals surface area contributed by atoms with Crippen LogP contribution in [0.5, 0.6) is 0 Å². The second-order valence-electron chi connectivity index (χ2n) is 5.00. The van der Waals surface area contributed by atoms with Crippen LogP contribution in [-0.2, 0) is 16.0 Å². The first-order chi connectivity index (χ1) is 9.73. The molecule has 0 radical (unpaired) electrons. The lowest BCUT2D eigenvalue weighted by Crippen LogP contribution is -2.41. The molecule has 0 heterocycles. The number of hydrogen-bond donors (Lipinski definition) is 1. The van der Waals surface area contributed by atoms with Crippen molar-refractivity contribution in [2.45, 2.75) is 33.2 Å². The summed E-state index contributed by atoms with van der Waals surface area (Å²) in [4.78, 5) is 34.6. The molecule has 0 aliphatic heterocycles. The molecule has 7 heteroatoms. The first-order valence-electron chi connectivity index (χ1n) is 6.48. The Balaban J connectivity index is 2.99. The van der Waals surface area contributed by atoms with Crippen LogP contribution in [0, 0.1) is 17.0 Å². The Hall–Kier alpha value is -2.44. The maximum Gasteiger partial charge on any atom is 0.323 e. The lowest BCUT2D eigenvalue weighted by atomic mass is 10.0. The molecule has 0 aromatic heterocycles. The van der Waals surface area contributed by atoms with Crippen molar-refractivity contribution in [2.24, 2.45) is 0 Å². The molecule has 0 fully saturated rings. The minimum absolute atomic E-state index is 0.0466. The number of carboxylic acid groups (broad SMARTS) is 1. The van der Waals surface area contributed by atoms with Gasteiger partial charge in [-0.15, -0.1) is 0 Å². The lowest BCUT2D eigenvalue weighted by Gasteiger charge is -2.25. The third-order valence-corrected chi connectivity index (χ3v) is 3.21. The molecule has 1 aromatic carbocycles. The summed E-state index contributed by atoms with van der Waals surface area (Å²) in [6.07, 6.45) is -0.0566. The van der Waals surface area contributed by atoms with Crippen LogP contribution in [0.4, 0.5) is 5.69 Å². The van der Waals surface area contributed by atoms with E-state index in [4.69, 9.17) is 5.11 Å². The van der Waals surface area contributed by atoms with E-state index in [-0.39, 0.29) is 30.6 Å². The predicted molar refractivity (Wildman–Crippen MR) is 76.0 cm³/mol. The third kappa shape index (κ3) is 4.27. The van der Waals surface area contributed by atoms with Crippen molar-refractivity contribution < 1.29 is 19.6 Å². The van der Waals surface area contributed by atoms with Gasteiger partial charge in [0.2, 0.25) is 5.91 Å². The normalized spacial score (nSPS) is 10.5. The van der Waals surface area contributed by atoms with Gasteiger partial charge in [0.05, 0.1) is 11.3 Å². The van der Waals surface area contributed by atoms with Crippen molar-refractivity contribution in [3.05, 3.63) is 39.4 Å². The number of carbonyl (C=O) groups excluding carboxylic acids is 1. The van der Waals surface area contributed by atoms with E-state index in [1.54, 1.807) is 26.8 Å². The summed E-state index contributed by atoms with van der Waals surface area (Å²) in [5.41, 5.74) is 0.912. The SMILES string of the molecule is Cc1c(CC(=O)N(CC(=O)O)C(C)C)cccc1[N+](=O)[O-]. The first kappa shape index (κ1) is 16.6. The monoisotopic (exact) mass is 294 g/mol. The van der Waals surface area contributed by atoms with Crippen molar-refractivity contribution in [1.29, 1.82) is 0 Å². The van der Waals surface area contributed by atoms with Crippen LogP contribution >= 0.6 is 0 Å². The average molecular weight is 294 g/mol. The van der Waals surface area contributed by atoms with Crippen molar-refractivity contribution in [3.63, 3.8) is 0 Å². The van der Waals surface area contributed by atoms with E-state index in [0.717, 1.165) is 0 Å². The van der Waals surface area contributed by atoms with E-state index >= 15 is 0 Å². The van der Waals surface area contributed by atoms with Gasteiger partial charge in [-0.2, -0.15) is 0 Å². The van der Waals surface area contributed by atoms with Crippen LogP contribution in [-0.4, -0.2) is 39.4 Å². The number of benzene rings is 1. The number of rotatable bonds is 6. The molecule has 0 saturated carbocycles. The van der Waals surface area contributed by atoms with Crippen molar-refractivity contribution in [3.8, 4) is 0 Å². The Bertz CT molecular complexity index is 568. The molecule has 0 spiro atoms. The van der Waals surface area contributed by atoms with Gasteiger partial charge in [0.25, 0.3) is 5.69 Å². The van der Waals surface area contributed by atoms with Crippen LogP contribution in [0.1, 0.15) is 25.0 Å². The number of aliphatic carboxylic acids is 1. The van der Waals surface area contributed by atoms with E-state index in [0.29, 0.717) is 11.1 Å². The number of amides is 1. The highest BCUT2D eigenvalue weighted by atomic mass is 16.6. The molecule has 0 aliphatic rings. The summed E-state index contributed by atoms with van der Waals surface area (Å²) in [7, 11) is 0. The highest BCUT2D eigenvalue weighted by molar-refractivity contribution is 5.83. The summed E-state index contributed by atoms with van der Waals surface area (Å²) in [6, 6.07) is 4.28. The maximum atomic E-state index is 12.2. The Morgan fingerprint density at radius 3 is 2.48 bits per heavy atom.